The van der Waals surface area contributed by atoms with Gasteiger partial charge in [0.05, 0.1) is 28.8 Å². The number of nitrogens with one attached hydrogen (secondary N) is 1. The summed E-state index contributed by atoms with van der Waals surface area (Å²) in [5.41, 5.74) is 10.1. The van der Waals surface area contributed by atoms with Crippen molar-refractivity contribution < 1.29 is 9.53 Å². The van der Waals surface area contributed by atoms with Crippen LogP contribution in [0.1, 0.15) is 38.4 Å². The molecule has 0 aliphatic carbocycles. The minimum Gasteiger partial charge on any atom is -0.464 e. The third-order valence-corrected chi connectivity index (χ3v) is 5.29. The Kier molecular flexibility index (Phi) is 7.95. The van der Waals surface area contributed by atoms with Gasteiger partial charge in [0.2, 0.25) is 0 Å². The largest absolute Gasteiger partial charge is 0.464 e. The first-order chi connectivity index (χ1) is 15.4. The van der Waals surface area contributed by atoms with Crippen molar-refractivity contribution in [3.05, 3.63) is 66.0 Å². The van der Waals surface area contributed by atoms with E-state index >= 15 is 0 Å². The lowest BCUT2D eigenvalue weighted by Crippen LogP contribution is -2.33. The molecule has 0 spiro atoms. The van der Waals surface area contributed by atoms with Crippen LogP contribution in [-0.2, 0) is 9.53 Å². The molecule has 0 amide bonds. The molecule has 32 heavy (non-hydrogen) atoms. The number of anilines is 1. The number of para-hydroxylation sites is 2. The van der Waals surface area contributed by atoms with Crippen LogP contribution in [-0.4, -0.2) is 35.6 Å². The molecule has 2 aromatic carbocycles. The van der Waals surface area contributed by atoms with Crippen LogP contribution in [0.15, 0.2) is 54.7 Å². The van der Waals surface area contributed by atoms with Gasteiger partial charge in [-0.15, -0.1) is 0 Å². The lowest BCUT2D eigenvalue weighted by atomic mass is 9.79. The van der Waals surface area contributed by atoms with Gasteiger partial charge >= 0.3 is 5.97 Å². The third kappa shape index (κ3) is 6.62. The molecule has 0 bridgehead atoms. The van der Waals surface area contributed by atoms with Gasteiger partial charge in [-0.2, -0.15) is 0 Å². The van der Waals surface area contributed by atoms with Crippen molar-refractivity contribution in [1.29, 1.82) is 0 Å². The molecular formula is C26H32N4O2. The Morgan fingerprint density at radius 3 is 2.50 bits per heavy atom. The number of carbonyl (C=O) groups is 1. The molecule has 0 saturated heterocycles. The minimum absolute atomic E-state index is 0.161. The molecule has 168 valence electrons. The minimum atomic E-state index is -0.189. The summed E-state index contributed by atoms with van der Waals surface area (Å²) in [6.07, 6.45) is 6.37. The van der Waals surface area contributed by atoms with Crippen molar-refractivity contribution >= 4 is 34.8 Å². The predicted molar refractivity (Wildman–Crippen MR) is 131 cm³/mol. The van der Waals surface area contributed by atoms with Crippen molar-refractivity contribution in [2.24, 2.45) is 17.1 Å². The summed E-state index contributed by atoms with van der Waals surface area (Å²) in [4.78, 5) is 21.4. The second-order valence-electron chi connectivity index (χ2n) is 8.83. The van der Waals surface area contributed by atoms with Gasteiger partial charge in [-0.25, -0.2) is 4.98 Å². The van der Waals surface area contributed by atoms with E-state index in [9.17, 15) is 4.79 Å². The van der Waals surface area contributed by atoms with Crippen molar-refractivity contribution in [2.45, 2.75) is 27.2 Å². The first kappa shape index (κ1) is 23.4. The second kappa shape index (κ2) is 10.9. The van der Waals surface area contributed by atoms with Crippen molar-refractivity contribution in [3.63, 3.8) is 0 Å². The number of nitrogens with two attached hydrogens (primary N) is 1. The fourth-order valence-electron chi connectivity index (χ4n) is 3.46. The van der Waals surface area contributed by atoms with Gasteiger partial charge in [-0.1, -0.05) is 51.1 Å². The van der Waals surface area contributed by atoms with Crippen LogP contribution in [0.2, 0.25) is 0 Å². The highest BCUT2D eigenvalue weighted by Crippen LogP contribution is 2.29. The van der Waals surface area contributed by atoms with Crippen LogP contribution in [0.25, 0.3) is 23.2 Å². The van der Waals surface area contributed by atoms with Crippen LogP contribution in [0.3, 0.4) is 0 Å². The quantitative estimate of drug-likeness (QED) is 0.374. The molecule has 6 nitrogen and oxygen atoms in total. The zero-order valence-corrected chi connectivity index (χ0v) is 19.0. The molecule has 0 aliphatic heterocycles. The number of carbonyl (C=O) groups excluding carboxylic acids is 1. The number of hydrogen-bond acceptors (Lipinski definition) is 6. The maximum absolute atomic E-state index is 12.4. The number of benzene rings is 2. The summed E-state index contributed by atoms with van der Waals surface area (Å²) in [5, 5.41) is 3.28. The van der Waals surface area contributed by atoms with Crippen LogP contribution in [0.4, 0.5) is 5.69 Å². The predicted octanol–water partition coefficient (Wildman–Crippen LogP) is 4.77. The molecule has 1 atom stereocenters. The smallest absolute Gasteiger partial charge is 0.309 e. The van der Waals surface area contributed by atoms with Gasteiger partial charge in [0.25, 0.3) is 0 Å². The Morgan fingerprint density at radius 1 is 1.09 bits per heavy atom. The highest BCUT2D eigenvalue weighted by atomic mass is 16.5. The Hall–Kier alpha value is -3.25. The van der Waals surface area contributed by atoms with Gasteiger partial charge in [-0.3, -0.25) is 9.78 Å². The normalized spacial score (nSPS) is 12.8. The molecule has 0 radical (unpaired) electrons. The molecule has 1 aromatic heterocycles. The number of hydrogen-bond donors (Lipinski definition) is 2. The number of nitrogens with zero attached hydrogens (tertiary/aromatic N) is 2. The van der Waals surface area contributed by atoms with Gasteiger partial charge in [0, 0.05) is 12.2 Å². The second-order valence-corrected chi connectivity index (χ2v) is 8.83. The van der Waals surface area contributed by atoms with Crippen LogP contribution in [0, 0.1) is 11.3 Å². The fraction of sp³-hybridized carbons (Fsp3) is 0.346. The van der Waals surface area contributed by atoms with E-state index in [2.05, 4.69) is 15.3 Å². The van der Waals surface area contributed by atoms with Crippen LogP contribution < -0.4 is 11.1 Å². The van der Waals surface area contributed by atoms with E-state index in [1.54, 1.807) is 6.20 Å². The highest BCUT2D eigenvalue weighted by molar-refractivity contribution is 5.77. The van der Waals surface area contributed by atoms with Gasteiger partial charge in [0.1, 0.15) is 6.61 Å². The highest BCUT2D eigenvalue weighted by Gasteiger charge is 2.31. The van der Waals surface area contributed by atoms with Gasteiger partial charge < -0.3 is 15.8 Å². The average molecular weight is 433 g/mol. The zero-order valence-electron chi connectivity index (χ0n) is 19.0. The summed E-state index contributed by atoms with van der Waals surface area (Å²) in [5.74, 6) is -0.368. The van der Waals surface area contributed by atoms with E-state index < -0.39 is 0 Å². The Balaban J connectivity index is 1.48. The summed E-state index contributed by atoms with van der Waals surface area (Å²) >= 11 is 0. The Morgan fingerprint density at radius 2 is 1.81 bits per heavy atom. The van der Waals surface area contributed by atoms with Crippen molar-refractivity contribution in [1.82, 2.24) is 9.97 Å². The first-order valence-corrected chi connectivity index (χ1v) is 11.0. The van der Waals surface area contributed by atoms with E-state index in [-0.39, 0.29) is 17.3 Å². The van der Waals surface area contributed by atoms with E-state index in [4.69, 9.17) is 10.5 Å². The summed E-state index contributed by atoms with van der Waals surface area (Å²) in [6.45, 7) is 7.45. The molecule has 0 aliphatic rings. The molecular weight excluding hydrogens is 400 g/mol. The number of ether oxygens (including phenoxy) is 1. The number of esters is 1. The first-order valence-electron chi connectivity index (χ1n) is 11.0. The molecule has 0 fully saturated rings. The number of rotatable bonds is 9. The molecule has 3 N–H and O–H groups in total. The van der Waals surface area contributed by atoms with E-state index in [1.165, 1.54) is 0 Å². The Labute approximate surface area is 189 Å². The third-order valence-electron chi connectivity index (χ3n) is 5.29. The van der Waals surface area contributed by atoms with E-state index in [0.29, 0.717) is 26.1 Å². The van der Waals surface area contributed by atoms with Crippen molar-refractivity contribution in [2.75, 3.05) is 25.0 Å². The summed E-state index contributed by atoms with van der Waals surface area (Å²) < 4.78 is 5.47. The lowest BCUT2D eigenvalue weighted by molar-refractivity contribution is -0.152. The Bertz CT molecular complexity index is 1060. The van der Waals surface area contributed by atoms with E-state index in [0.717, 1.165) is 28.0 Å². The van der Waals surface area contributed by atoms with Crippen LogP contribution >= 0.6 is 0 Å². The summed E-state index contributed by atoms with van der Waals surface area (Å²) in [7, 11) is 0. The topological polar surface area (TPSA) is 90.1 Å². The maximum Gasteiger partial charge on any atom is 0.309 e. The van der Waals surface area contributed by atoms with E-state index in [1.807, 2.05) is 81.5 Å². The monoisotopic (exact) mass is 432 g/mol. The van der Waals surface area contributed by atoms with Gasteiger partial charge in [-0.05, 0) is 54.3 Å². The zero-order chi connectivity index (χ0) is 23.0. The lowest BCUT2D eigenvalue weighted by Gasteiger charge is -2.28. The van der Waals surface area contributed by atoms with Crippen molar-refractivity contribution in [3.8, 4) is 0 Å². The molecule has 1 heterocycles. The molecule has 0 saturated carbocycles. The standard InChI is InChI=1S/C26H32N4O2/c1-26(2,3)22(14-15-27)25(31)32-17-16-28-20-11-8-19(9-12-20)10-13-21-18-29-23-6-4-5-7-24(23)30-21/h4-13,18,22,28H,14-17,27H2,1-3H3/b13-10+. The van der Waals surface area contributed by atoms with Crippen LogP contribution in [0.5, 0.6) is 0 Å². The molecule has 3 rings (SSSR count). The maximum atomic E-state index is 12.4. The molecule has 1 unspecified atom stereocenters. The fourth-order valence-corrected chi connectivity index (χ4v) is 3.46. The molecule has 6 heteroatoms. The SMILES string of the molecule is CC(C)(C)C(CCN)C(=O)OCCNc1ccc(/C=C/c2cnc3ccccc3n2)cc1. The molecule has 3 aromatic rings. The summed E-state index contributed by atoms with van der Waals surface area (Å²) in [6, 6.07) is 15.9. The van der Waals surface area contributed by atoms with Gasteiger partial charge in [0.15, 0.2) is 0 Å². The average Bonchev–Trinajstić information content (AvgIpc) is 2.78. The number of fused-ring (bicyclic) bond motifs is 1. The number of aromatic nitrogens is 2.